The highest BCUT2D eigenvalue weighted by molar-refractivity contribution is 6.33. The van der Waals surface area contributed by atoms with Gasteiger partial charge in [0.15, 0.2) is 11.5 Å². The summed E-state index contributed by atoms with van der Waals surface area (Å²) in [6.07, 6.45) is 4.50. The van der Waals surface area contributed by atoms with Crippen LogP contribution in [0.4, 0.5) is 11.5 Å². The Morgan fingerprint density at radius 2 is 1.74 bits per heavy atom. The predicted octanol–water partition coefficient (Wildman–Crippen LogP) is 3.89. The molecule has 1 aliphatic heterocycles. The van der Waals surface area contributed by atoms with Crippen LogP contribution in [-0.2, 0) is 0 Å². The quantitative estimate of drug-likeness (QED) is 0.927. The summed E-state index contributed by atoms with van der Waals surface area (Å²) >= 11 is 6.10. The molecule has 2 aromatic rings. The van der Waals surface area contributed by atoms with Crippen LogP contribution in [0.2, 0.25) is 5.02 Å². The number of rotatable bonds is 3. The van der Waals surface area contributed by atoms with Crippen molar-refractivity contribution in [2.45, 2.75) is 25.7 Å². The minimum atomic E-state index is -0.0382. The zero-order valence-electron chi connectivity index (χ0n) is 12.8. The fourth-order valence-corrected chi connectivity index (χ4v) is 2.83. The van der Waals surface area contributed by atoms with Gasteiger partial charge in [-0.1, -0.05) is 36.6 Å². The van der Waals surface area contributed by atoms with Crippen LogP contribution in [0.3, 0.4) is 0 Å². The third-order valence-electron chi connectivity index (χ3n) is 3.91. The monoisotopic (exact) mass is 330 g/mol. The second-order valence-electron chi connectivity index (χ2n) is 5.62. The van der Waals surface area contributed by atoms with Crippen molar-refractivity contribution < 1.29 is 4.79 Å². The molecule has 3 rings (SSSR count). The van der Waals surface area contributed by atoms with Gasteiger partial charge in [0.05, 0.1) is 10.7 Å². The molecule has 1 amide bonds. The fourth-order valence-electron chi connectivity index (χ4n) is 2.65. The van der Waals surface area contributed by atoms with E-state index in [1.807, 2.05) is 23.1 Å². The summed E-state index contributed by atoms with van der Waals surface area (Å²) in [5.74, 6) is 0.522. The van der Waals surface area contributed by atoms with Crippen molar-refractivity contribution in [3.8, 4) is 0 Å². The molecule has 0 spiro atoms. The number of benzene rings is 1. The number of likely N-dealkylation sites (tertiary alicyclic amines) is 1. The van der Waals surface area contributed by atoms with Crippen LogP contribution < -0.4 is 5.32 Å². The van der Waals surface area contributed by atoms with Crippen molar-refractivity contribution in [1.82, 2.24) is 15.1 Å². The molecule has 1 aromatic heterocycles. The predicted molar refractivity (Wildman–Crippen MR) is 91.1 cm³/mol. The van der Waals surface area contributed by atoms with Crippen LogP contribution in [0.15, 0.2) is 36.4 Å². The van der Waals surface area contributed by atoms with Crippen molar-refractivity contribution in [1.29, 1.82) is 0 Å². The lowest BCUT2D eigenvalue weighted by atomic mass is 10.2. The van der Waals surface area contributed by atoms with Gasteiger partial charge >= 0.3 is 0 Å². The van der Waals surface area contributed by atoms with E-state index >= 15 is 0 Å². The van der Waals surface area contributed by atoms with Gasteiger partial charge in [0, 0.05) is 13.1 Å². The second-order valence-corrected chi connectivity index (χ2v) is 6.02. The average molecular weight is 331 g/mol. The van der Waals surface area contributed by atoms with Crippen molar-refractivity contribution in [2.24, 2.45) is 0 Å². The number of amides is 1. The molecule has 5 nitrogen and oxygen atoms in total. The van der Waals surface area contributed by atoms with E-state index in [0.29, 0.717) is 16.5 Å². The maximum Gasteiger partial charge on any atom is 0.274 e. The number of para-hydroxylation sites is 1. The fraction of sp³-hybridized carbons (Fsp3) is 0.353. The summed E-state index contributed by atoms with van der Waals surface area (Å²) in [4.78, 5) is 14.3. The summed E-state index contributed by atoms with van der Waals surface area (Å²) in [5, 5.41) is 11.9. The van der Waals surface area contributed by atoms with Crippen LogP contribution >= 0.6 is 11.6 Å². The molecular weight excluding hydrogens is 312 g/mol. The van der Waals surface area contributed by atoms with Gasteiger partial charge in [-0.2, -0.15) is 0 Å². The highest BCUT2D eigenvalue weighted by Gasteiger charge is 2.18. The normalized spacial score (nSPS) is 15.1. The molecule has 0 aliphatic carbocycles. The van der Waals surface area contributed by atoms with E-state index in [9.17, 15) is 4.79 Å². The van der Waals surface area contributed by atoms with E-state index < -0.39 is 0 Å². The van der Waals surface area contributed by atoms with Crippen LogP contribution in [-0.4, -0.2) is 34.1 Å². The molecule has 1 aliphatic rings. The number of aromatic nitrogens is 2. The van der Waals surface area contributed by atoms with Crippen molar-refractivity contribution in [2.75, 3.05) is 18.4 Å². The van der Waals surface area contributed by atoms with Crippen LogP contribution in [0.5, 0.6) is 0 Å². The van der Waals surface area contributed by atoms with E-state index in [4.69, 9.17) is 11.6 Å². The molecule has 0 radical (unpaired) electrons. The maximum atomic E-state index is 12.5. The largest absolute Gasteiger partial charge is 0.338 e. The first kappa shape index (κ1) is 15.7. The zero-order chi connectivity index (χ0) is 16.1. The van der Waals surface area contributed by atoms with E-state index in [0.717, 1.165) is 31.6 Å². The maximum absolute atomic E-state index is 12.5. The van der Waals surface area contributed by atoms with Crippen LogP contribution in [0.25, 0.3) is 0 Å². The molecule has 0 unspecified atom stereocenters. The Balaban J connectivity index is 1.69. The first-order valence-corrected chi connectivity index (χ1v) is 8.26. The van der Waals surface area contributed by atoms with Crippen molar-refractivity contribution >= 4 is 29.0 Å². The van der Waals surface area contributed by atoms with E-state index in [1.165, 1.54) is 12.8 Å². The number of anilines is 2. The number of nitrogens with zero attached hydrogens (tertiary/aromatic N) is 3. The van der Waals surface area contributed by atoms with E-state index in [1.54, 1.807) is 18.2 Å². The Bertz CT molecular complexity index is 667. The molecular formula is C17H19ClN4O. The number of hydrogen-bond acceptors (Lipinski definition) is 4. The van der Waals surface area contributed by atoms with Gasteiger partial charge in [-0.05, 0) is 37.1 Å². The molecule has 0 bridgehead atoms. The number of hydrogen-bond donors (Lipinski definition) is 1. The molecule has 1 N–H and O–H groups in total. The average Bonchev–Trinajstić information content (AvgIpc) is 2.86. The lowest BCUT2D eigenvalue weighted by molar-refractivity contribution is 0.0754. The third-order valence-corrected chi connectivity index (χ3v) is 4.24. The van der Waals surface area contributed by atoms with Crippen LogP contribution in [0.1, 0.15) is 36.2 Å². The van der Waals surface area contributed by atoms with Gasteiger partial charge in [-0.15, -0.1) is 10.2 Å². The Kier molecular flexibility index (Phi) is 5.08. The highest BCUT2D eigenvalue weighted by atomic mass is 35.5. The van der Waals surface area contributed by atoms with Crippen molar-refractivity contribution in [3.63, 3.8) is 0 Å². The Morgan fingerprint density at radius 3 is 2.39 bits per heavy atom. The number of halogens is 1. The number of carbonyl (C=O) groups is 1. The summed E-state index contributed by atoms with van der Waals surface area (Å²) in [5.41, 5.74) is 1.15. The van der Waals surface area contributed by atoms with Crippen LogP contribution in [0, 0.1) is 0 Å². The molecule has 120 valence electrons. The van der Waals surface area contributed by atoms with Gasteiger partial charge in [-0.3, -0.25) is 4.79 Å². The van der Waals surface area contributed by atoms with Gasteiger partial charge in [0.2, 0.25) is 0 Å². The molecule has 6 heteroatoms. The first-order chi connectivity index (χ1) is 11.2. The summed E-state index contributed by atoms with van der Waals surface area (Å²) in [7, 11) is 0. The SMILES string of the molecule is O=C(c1ccc(Nc2ccccc2Cl)nn1)N1CCCCCC1. The van der Waals surface area contributed by atoms with Gasteiger partial charge in [0.1, 0.15) is 0 Å². The topological polar surface area (TPSA) is 58.1 Å². The van der Waals surface area contributed by atoms with E-state index in [-0.39, 0.29) is 5.91 Å². The zero-order valence-corrected chi connectivity index (χ0v) is 13.6. The molecule has 1 fully saturated rings. The standard InChI is InChI=1S/C17H19ClN4O/c18-13-7-3-4-8-14(13)19-16-10-9-15(20-21-16)17(23)22-11-5-1-2-6-12-22/h3-4,7-10H,1-2,5-6,11-12H2,(H,19,21). The molecule has 2 heterocycles. The molecule has 0 atom stereocenters. The first-order valence-electron chi connectivity index (χ1n) is 7.88. The minimum Gasteiger partial charge on any atom is -0.338 e. The Hall–Kier alpha value is -2.14. The van der Waals surface area contributed by atoms with E-state index in [2.05, 4.69) is 15.5 Å². The Morgan fingerprint density at radius 1 is 1.00 bits per heavy atom. The second kappa shape index (κ2) is 7.42. The minimum absolute atomic E-state index is 0.0382. The summed E-state index contributed by atoms with van der Waals surface area (Å²) in [6, 6.07) is 10.9. The number of carbonyl (C=O) groups excluding carboxylic acids is 1. The van der Waals surface area contributed by atoms with Crippen molar-refractivity contribution in [3.05, 3.63) is 47.1 Å². The molecule has 1 saturated heterocycles. The summed E-state index contributed by atoms with van der Waals surface area (Å²) in [6.45, 7) is 1.61. The van der Waals surface area contributed by atoms with Gasteiger partial charge < -0.3 is 10.2 Å². The Labute approximate surface area is 140 Å². The van der Waals surface area contributed by atoms with Gasteiger partial charge in [0.25, 0.3) is 5.91 Å². The smallest absolute Gasteiger partial charge is 0.274 e. The van der Waals surface area contributed by atoms with Gasteiger partial charge in [-0.25, -0.2) is 0 Å². The highest BCUT2D eigenvalue weighted by Crippen LogP contribution is 2.23. The molecule has 0 saturated carbocycles. The lowest BCUT2D eigenvalue weighted by Gasteiger charge is -2.19. The lowest BCUT2D eigenvalue weighted by Crippen LogP contribution is -2.32. The molecule has 23 heavy (non-hydrogen) atoms. The summed E-state index contributed by atoms with van der Waals surface area (Å²) < 4.78 is 0. The third kappa shape index (κ3) is 3.99. The molecule has 1 aromatic carbocycles. The number of nitrogens with one attached hydrogen (secondary N) is 1.